The molecule has 0 spiro atoms. The number of carbonyl (C=O) groups excluding carboxylic acids is 3. The smallest absolute Gasteiger partial charge is 0.338 e. The molecule has 1 saturated carbocycles. The molecule has 1 aliphatic carbocycles. The van der Waals surface area contributed by atoms with E-state index in [1.54, 1.807) is 24.3 Å². The Bertz CT molecular complexity index is 1110. The number of likely N-dealkylation sites (tertiary alicyclic amines) is 1. The number of nitrogens with one attached hydrogen (secondary N) is 2. The summed E-state index contributed by atoms with van der Waals surface area (Å²) in [4.78, 5) is 40.4. The van der Waals surface area contributed by atoms with Gasteiger partial charge in [0.05, 0.1) is 13.1 Å². The Hall–Kier alpha value is -3.23. The summed E-state index contributed by atoms with van der Waals surface area (Å²) in [5.41, 5.74) is 0.362. The lowest BCUT2D eigenvalue weighted by molar-refractivity contribution is -0.881. The van der Waals surface area contributed by atoms with Crippen molar-refractivity contribution in [3.05, 3.63) is 60.2 Å². The van der Waals surface area contributed by atoms with Gasteiger partial charge in [0.1, 0.15) is 17.5 Å². The molecule has 2 unspecified atom stereocenters. The van der Waals surface area contributed by atoms with Gasteiger partial charge in [-0.1, -0.05) is 57.4 Å². The SMILES string of the molecule is CC(C)C(NC(=O)c1cccc(Oc2ccccc2)c1)C(=O)[N+]1(C(O)C(=O)NC2CCCCC2)CCCC1. The van der Waals surface area contributed by atoms with Crippen molar-refractivity contribution in [1.29, 1.82) is 0 Å². The van der Waals surface area contributed by atoms with Crippen LogP contribution < -0.4 is 15.4 Å². The van der Waals surface area contributed by atoms with Gasteiger partial charge in [-0.2, -0.15) is 0 Å². The Kier molecular flexibility index (Phi) is 9.17. The molecule has 0 aromatic heterocycles. The van der Waals surface area contributed by atoms with Crippen LogP contribution >= 0.6 is 0 Å². The van der Waals surface area contributed by atoms with Gasteiger partial charge in [-0.15, -0.1) is 0 Å². The molecule has 204 valence electrons. The third-order valence-electron chi connectivity index (χ3n) is 7.75. The molecule has 4 rings (SSSR count). The maximum absolute atomic E-state index is 14.0. The van der Waals surface area contributed by atoms with Crippen LogP contribution in [0.3, 0.4) is 0 Å². The lowest BCUT2D eigenvalue weighted by Gasteiger charge is -2.38. The molecule has 0 bridgehead atoms. The minimum atomic E-state index is -1.49. The summed E-state index contributed by atoms with van der Waals surface area (Å²) in [6.07, 6.45) is 5.03. The number of benzene rings is 2. The van der Waals surface area contributed by atoms with Crippen LogP contribution in [-0.4, -0.2) is 58.7 Å². The predicted octanol–water partition coefficient (Wildman–Crippen LogP) is 4.14. The number of hydrogen-bond acceptors (Lipinski definition) is 5. The minimum absolute atomic E-state index is 0.0367. The van der Waals surface area contributed by atoms with E-state index in [-0.39, 0.29) is 22.3 Å². The molecule has 8 nitrogen and oxygen atoms in total. The predicted molar refractivity (Wildman–Crippen MR) is 144 cm³/mol. The maximum Gasteiger partial charge on any atom is 0.338 e. The van der Waals surface area contributed by atoms with Crippen LogP contribution in [0.5, 0.6) is 11.5 Å². The molecule has 3 N–H and O–H groups in total. The average Bonchev–Trinajstić information content (AvgIpc) is 3.43. The van der Waals surface area contributed by atoms with Crippen LogP contribution in [0.4, 0.5) is 0 Å². The topological polar surface area (TPSA) is 105 Å². The number of hydrogen-bond donors (Lipinski definition) is 3. The Labute approximate surface area is 225 Å². The molecule has 2 aromatic rings. The Morgan fingerprint density at radius 3 is 2.21 bits per heavy atom. The van der Waals surface area contributed by atoms with Crippen LogP contribution in [0.15, 0.2) is 54.6 Å². The quantitative estimate of drug-likeness (QED) is 0.430. The highest BCUT2D eigenvalue weighted by molar-refractivity contribution is 5.97. The van der Waals surface area contributed by atoms with Crippen LogP contribution in [0.1, 0.15) is 69.2 Å². The Morgan fingerprint density at radius 2 is 1.55 bits per heavy atom. The first-order valence-electron chi connectivity index (χ1n) is 13.8. The van der Waals surface area contributed by atoms with Gasteiger partial charge in [0.15, 0.2) is 0 Å². The zero-order valence-electron chi connectivity index (χ0n) is 22.4. The molecule has 2 atom stereocenters. The Morgan fingerprint density at radius 1 is 0.895 bits per heavy atom. The van der Waals surface area contributed by atoms with Gasteiger partial charge in [0, 0.05) is 24.4 Å². The van der Waals surface area contributed by atoms with Gasteiger partial charge in [-0.3, -0.25) is 9.59 Å². The molecule has 1 saturated heterocycles. The summed E-state index contributed by atoms with van der Waals surface area (Å²) in [5.74, 6) is -0.301. The fourth-order valence-electron chi connectivity index (χ4n) is 5.57. The van der Waals surface area contributed by atoms with Crippen molar-refractivity contribution >= 4 is 17.7 Å². The van der Waals surface area contributed by atoms with E-state index in [1.165, 1.54) is 0 Å². The second-order valence-electron chi connectivity index (χ2n) is 10.9. The van der Waals surface area contributed by atoms with E-state index in [0.717, 1.165) is 44.9 Å². The van der Waals surface area contributed by atoms with Gasteiger partial charge < -0.3 is 20.5 Å². The van der Waals surface area contributed by atoms with Crippen molar-refractivity contribution in [2.24, 2.45) is 5.92 Å². The van der Waals surface area contributed by atoms with Crippen molar-refractivity contribution in [3.63, 3.8) is 0 Å². The van der Waals surface area contributed by atoms with Gasteiger partial charge in [0.2, 0.25) is 0 Å². The van der Waals surface area contributed by atoms with E-state index in [1.807, 2.05) is 44.2 Å². The summed E-state index contributed by atoms with van der Waals surface area (Å²) in [7, 11) is 0. The highest BCUT2D eigenvalue weighted by Crippen LogP contribution is 2.28. The molecule has 2 aliphatic rings. The van der Waals surface area contributed by atoms with Crippen LogP contribution in [0.2, 0.25) is 0 Å². The van der Waals surface area contributed by atoms with Crippen LogP contribution in [-0.2, 0) is 9.59 Å². The number of amides is 3. The molecule has 1 heterocycles. The van der Waals surface area contributed by atoms with Gasteiger partial charge >= 0.3 is 11.8 Å². The lowest BCUT2D eigenvalue weighted by Crippen LogP contribution is -2.68. The first-order valence-corrected chi connectivity index (χ1v) is 13.8. The number of aliphatic hydroxyl groups excluding tert-OH is 1. The highest BCUT2D eigenvalue weighted by atomic mass is 16.5. The summed E-state index contributed by atoms with van der Waals surface area (Å²) < 4.78 is 5.51. The summed E-state index contributed by atoms with van der Waals surface area (Å²) in [5, 5.41) is 17.1. The standard InChI is InChI=1S/C30H39N3O5/c1-21(2)26(32-27(34)22-12-11-17-25(20-22)38-24-15-7-4-8-16-24)29(36)33(18-9-10-19-33)30(37)28(35)31-23-13-5-3-6-14-23/h4,7-8,11-12,15-17,20-21,23,26,30,37H,3,5-6,9-10,13-14,18-19H2,1-2H3,(H-,31,32,34,35)/p+1. The van der Waals surface area contributed by atoms with Crippen LogP contribution in [0, 0.1) is 5.92 Å². The van der Waals surface area contributed by atoms with E-state index >= 15 is 0 Å². The van der Waals surface area contributed by atoms with Gasteiger partial charge in [0.25, 0.3) is 12.1 Å². The van der Waals surface area contributed by atoms with Crippen molar-refractivity contribution < 1.29 is 28.7 Å². The van der Waals surface area contributed by atoms with E-state index < -0.39 is 24.1 Å². The van der Waals surface area contributed by atoms with E-state index in [0.29, 0.717) is 30.2 Å². The largest absolute Gasteiger partial charge is 0.457 e. The van der Waals surface area contributed by atoms with Crippen molar-refractivity contribution in [2.75, 3.05) is 13.1 Å². The van der Waals surface area contributed by atoms with Crippen molar-refractivity contribution in [1.82, 2.24) is 10.6 Å². The normalized spacial score (nSPS) is 18.9. The highest BCUT2D eigenvalue weighted by Gasteiger charge is 2.53. The monoisotopic (exact) mass is 522 g/mol. The Balaban J connectivity index is 1.49. The second kappa shape index (κ2) is 12.5. The molecule has 0 radical (unpaired) electrons. The summed E-state index contributed by atoms with van der Waals surface area (Å²) in [6, 6.07) is 15.3. The van der Waals surface area contributed by atoms with Crippen molar-refractivity contribution in [2.45, 2.75) is 77.1 Å². The van der Waals surface area contributed by atoms with Crippen LogP contribution in [0.25, 0.3) is 0 Å². The lowest BCUT2D eigenvalue weighted by atomic mass is 9.95. The number of nitrogens with zero attached hydrogens (tertiary/aromatic N) is 1. The molecule has 2 aromatic carbocycles. The first-order chi connectivity index (χ1) is 18.3. The number of ether oxygens (including phenoxy) is 1. The molecular formula is C30H40N3O5+. The van der Waals surface area contributed by atoms with E-state index in [4.69, 9.17) is 4.74 Å². The maximum atomic E-state index is 14.0. The fraction of sp³-hybridized carbons (Fsp3) is 0.500. The third kappa shape index (κ3) is 6.42. The third-order valence-corrected chi connectivity index (χ3v) is 7.75. The zero-order valence-corrected chi connectivity index (χ0v) is 22.4. The van der Waals surface area contributed by atoms with Gasteiger partial charge in [-0.25, -0.2) is 9.28 Å². The first kappa shape index (κ1) is 27.8. The molecular weight excluding hydrogens is 482 g/mol. The number of rotatable bonds is 9. The molecule has 2 fully saturated rings. The molecule has 3 amide bonds. The zero-order chi connectivity index (χ0) is 27.1. The number of para-hydroxylation sites is 1. The summed E-state index contributed by atoms with van der Waals surface area (Å²) in [6.45, 7) is 4.47. The van der Waals surface area contributed by atoms with Crippen molar-refractivity contribution in [3.8, 4) is 11.5 Å². The number of carbonyl (C=O) groups is 3. The van der Waals surface area contributed by atoms with E-state index in [2.05, 4.69) is 10.6 Å². The number of aliphatic hydroxyl groups is 1. The van der Waals surface area contributed by atoms with Gasteiger partial charge in [-0.05, 0) is 49.1 Å². The second-order valence-corrected chi connectivity index (χ2v) is 10.9. The molecule has 1 aliphatic heterocycles. The van der Waals surface area contributed by atoms with E-state index in [9.17, 15) is 19.5 Å². The molecule has 8 heteroatoms. The summed E-state index contributed by atoms with van der Waals surface area (Å²) >= 11 is 0. The average molecular weight is 523 g/mol. The minimum Gasteiger partial charge on any atom is -0.457 e. The number of quaternary nitrogens is 1. The molecule has 38 heavy (non-hydrogen) atoms. The fourth-order valence-corrected chi connectivity index (χ4v) is 5.57.